The van der Waals surface area contributed by atoms with Gasteiger partial charge in [0.05, 0.1) is 12.7 Å². The largest absolute Gasteiger partial charge is 0.396 e. The molecule has 1 aliphatic heterocycles. The number of hydrogen-bond donors (Lipinski definition) is 3. The minimum absolute atomic E-state index is 0.185. The first kappa shape index (κ1) is 22.4. The van der Waals surface area contributed by atoms with E-state index in [4.69, 9.17) is 9.73 Å². The molecule has 1 saturated heterocycles. The van der Waals surface area contributed by atoms with Crippen LogP contribution in [0.5, 0.6) is 0 Å². The fourth-order valence-corrected chi connectivity index (χ4v) is 4.41. The normalized spacial score (nSPS) is 24.2. The van der Waals surface area contributed by atoms with Crippen LogP contribution in [0.4, 0.5) is 0 Å². The van der Waals surface area contributed by atoms with E-state index in [-0.39, 0.29) is 18.1 Å². The smallest absolute Gasteiger partial charge is 0.191 e. The van der Waals surface area contributed by atoms with Crippen molar-refractivity contribution in [2.24, 2.45) is 16.3 Å². The van der Waals surface area contributed by atoms with Gasteiger partial charge in [-0.15, -0.1) is 0 Å². The first-order chi connectivity index (χ1) is 13.1. The molecule has 0 amide bonds. The van der Waals surface area contributed by atoms with Crippen LogP contribution in [-0.4, -0.2) is 74.6 Å². The van der Waals surface area contributed by atoms with Gasteiger partial charge in [-0.05, 0) is 37.5 Å². The Labute approximate surface area is 166 Å². The monoisotopic (exact) mass is 382 g/mol. The summed E-state index contributed by atoms with van der Waals surface area (Å²) in [6.45, 7) is 13.3. The van der Waals surface area contributed by atoms with Crippen molar-refractivity contribution in [1.82, 2.24) is 15.5 Å². The van der Waals surface area contributed by atoms with Crippen molar-refractivity contribution < 1.29 is 9.84 Å². The summed E-state index contributed by atoms with van der Waals surface area (Å²) in [4.78, 5) is 7.40. The number of morpholine rings is 1. The number of aliphatic hydroxyl groups is 1. The summed E-state index contributed by atoms with van der Waals surface area (Å²) in [6, 6.07) is 0. The molecule has 1 heterocycles. The molecule has 0 bridgehead atoms. The zero-order valence-electron chi connectivity index (χ0n) is 17.8. The SMILES string of the molecule is CCNC(=NCC1(CCO)CCCCC1)NCC1CN(CC(C)C)CCO1. The molecule has 3 N–H and O–H groups in total. The Kier molecular flexibility index (Phi) is 9.87. The van der Waals surface area contributed by atoms with Crippen molar-refractivity contribution in [2.45, 2.75) is 65.4 Å². The predicted octanol–water partition coefficient (Wildman–Crippen LogP) is 2.23. The Hall–Kier alpha value is -0.850. The van der Waals surface area contributed by atoms with E-state index in [9.17, 15) is 5.11 Å². The first-order valence-electron chi connectivity index (χ1n) is 11.0. The highest BCUT2D eigenvalue weighted by Gasteiger charge is 2.31. The van der Waals surface area contributed by atoms with E-state index in [2.05, 4.69) is 36.3 Å². The molecular formula is C21H42N4O2. The Morgan fingerprint density at radius 2 is 2.04 bits per heavy atom. The van der Waals surface area contributed by atoms with Crippen LogP contribution in [0.3, 0.4) is 0 Å². The third-order valence-corrected chi connectivity index (χ3v) is 5.82. The molecule has 27 heavy (non-hydrogen) atoms. The van der Waals surface area contributed by atoms with E-state index in [1.54, 1.807) is 0 Å². The number of hydrogen-bond acceptors (Lipinski definition) is 4. The van der Waals surface area contributed by atoms with Crippen LogP contribution in [0.1, 0.15) is 59.3 Å². The fourth-order valence-electron chi connectivity index (χ4n) is 4.41. The van der Waals surface area contributed by atoms with Crippen molar-refractivity contribution in [1.29, 1.82) is 0 Å². The summed E-state index contributed by atoms with van der Waals surface area (Å²) in [5.41, 5.74) is 0.185. The van der Waals surface area contributed by atoms with Crippen molar-refractivity contribution in [3.05, 3.63) is 0 Å². The molecule has 158 valence electrons. The molecule has 1 saturated carbocycles. The summed E-state index contributed by atoms with van der Waals surface area (Å²) in [5.74, 6) is 1.57. The van der Waals surface area contributed by atoms with Gasteiger partial charge in [0, 0.05) is 45.9 Å². The summed E-state index contributed by atoms with van der Waals surface area (Å²) in [5, 5.41) is 16.4. The standard InChI is InChI=1S/C21H42N4O2/c1-4-22-20(24-17-21(10-12-26)8-6-5-7-9-21)23-14-19-16-25(11-13-27-19)15-18(2)3/h18-19,26H,4-17H2,1-3H3,(H2,22,23,24). The van der Waals surface area contributed by atoms with Crippen LogP contribution in [0.25, 0.3) is 0 Å². The highest BCUT2D eigenvalue weighted by Crippen LogP contribution is 2.39. The van der Waals surface area contributed by atoms with Gasteiger partial charge in [-0.1, -0.05) is 33.1 Å². The Balaban J connectivity index is 1.87. The predicted molar refractivity (Wildman–Crippen MR) is 112 cm³/mol. The second-order valence-electron chi connectivity index (χ2n) is 8.76. The lowest BCUT2D eigenvalue weighted by atomic mass is 9.72. The average molecular weight is 383 g/mol. The number of ether oxygens (including phenoxy) is 1. The first-order valence-corrected chi connectivity index (χ1v) is 11.0. The van der Waals surface area contributed by atoms with Crippen molar-refractivity contribution >= 4 is 5.96 Å². The molecule has 6 nitrogen and oxygen atoms in total. The van der Waals surface area contributed by atoms with Crippen LogP contribution in [0, 0.1) is 11.3 Å². The Morgan fingerprint density at radius 3 is 2.70 bits per heavy atom. The van der Waals surface area contributed by atoms with Crippen LogP contribution in [-0.2, 0) is 4.74 Å². The maximum absolute atomic E-state index is 9.51. The van der Waals surface area contributed by atoms with Crippen LogP contribution >= 0.6 is 0 Å². The molecule has 2 fully saturated rings. The third kappa shape index (κ3) is 7.96. The summed E-state index contributed by atoms with van der Waals surface area (Å²) < 4.78 is 5.95. The highest BCUT2D eigenvalue weighted by atomic mass is 16.5. The minimum Gasteiger partial charge on any atom is -0.396 e. The van der Waals surface area contributed by atoms with E-state index < -0.39 is 0 Å². The van der Waals surface area contributed by atoms with Gasteiger partial charge in [-0.25, -0.2) is 0 Å². The second-order valence-corrected chi connectivity index (χ2v) is 8.76. The van der Waals surface area contributed by atoms with Gasteiger partial charge in [-0.2, -0.15) is 0 Å². The van der Waals surface area contributed by atoms with Gasteiger partial charge in [-0.3, -0.25) is 9.89 Å². The number of aliphatic imine (C=N–C) groups is 1. The Morgan fingerprint density at radius 1 is 1.26 bits per heavy atom. The van der Waals surface area contributed by atoms with Crippen LogP contribution in [0.15, 0.2) is 4.99 Å². The number of nitrogens with zero attached hydrogens (tertiary/aromatic N) is 2. The lowest BCUT2D eigenvalue weighted by Gasteiger charge is -2.36. The van der Waals surface area contributed by atoms with Crippen molar-refractivity contribution in [3.8, 4) is 0 Å². The van der Waals surface area contributed by atoms with E-state index in [1.165, 1.54) is 32.1 Å². The molecule has 2 rings (SSSR count). The highest BCUT2D eigenvalue weighted by molar-refractivity contribution is 5.79. The molecule has 0 spiro atoms. The number of rotatable bonds is 9. The molecule has 0 aromatic heterocycles. The van der Waals surface area contributed by atoms with Gasteiger partial charge in [0.2, 0.25) is 0 Å². The maximum Gasteiger partial charge on any atom is 0.191 e. The second kappa shape index (κ2) is 11.9. The molecule has 0 aromatic rings. The van der Waals surface area contributed by atoms with Gasteiger partial charge in [0.15, 0.2) is 5.96 Å². The zero-order valence-corrected chi connectivity index (χ0v) is 17.8. The summed E-state index contributed by atoms with van der Waals surface area (Å²) >= 11 is 0. The van der Waals surface area contributed by atoms with Gasteiger partial charge >= 0.3 is 0 Å². The number of aliphatic hydroxyl groups excluding tert-OH is 1. The lowest BCUT2D eigenvalue weighted by molar-refractivity contribution is -0.0284. The molecular weight excluding hydrogens is 340 g/mol. The van der Waals surface area contributed by atoms with Crippen molar-refractivity contribution in [3.63, 3.8) is 0 Å². The summed E-state index contributed by atoms with van der Waals surface area (Å²) in [7, 11) is 0. The van der Waals surface area contributed by atoms with E-state index in [0.29, 0.717) is 5.92 Å². The molecule has 1 atom stereocenters. The minimum atomic E-state index is 0.185. The van der Waals surface area contributed by atoms with Crippen LogP contribution in [0.2, 0.25) is 0 Å². The van der Waals surface area contributed by atoms with E-state index in [0.717, 1.165) is 58.3 Å². The van der Waals surface area contributed by atoms with E-state index in [1.807, 2.05) is 0 Å². The Bertz CT molecular complexity index is 430. The number of guanidine groups is 1. The molecule has 1 aliphatic carbocycles. The summed E-state index contributed by atoms with van der Waals surface area (Å²) in [6.07, 6.45) is 7.30. The average Bonchev–Trinajstić information content (AvgIpc) is 2.65. The zero-order chi connectivity index (χ0) is 19.5. The van der Waals surface area contributed by atoms with Crippen LogP contribution < -0.4 is 10.6 Å². The van der Waals surface area contributed by atoms with E-state index >= 15 is 0 Å². The molecule has 6 heteroatoms. The quantitative estimate of drug-likeness (QED) is 0.421. The topological polar surface area (TPSA) is 69.1 Å². The van der Waals surface area contributed by atoms with Gasteiger partial charge in [0.25, 0.3) is 0 Å². The molecule has 0 aromatic carbocycles. The third-order valence-electron chi connectivity index (χ3n) is 5.82. The molecule has 2 aliphatic rings. The fraction of sp³-hybridized carbons (Fsp3) is 0.952. The van der Waals surface area contributed by atoms with Gasteiger partial charge in [0.1, 0.15) is 0 Å². The lowest BCUT2D eigenvalue weighted by Crippen LogP contribution is -2.50. The van der Waals surface area contributed by atoms with Crippen molar-refractivity contribution in [2.75, 3.05) is 52.5 Å². The number of nitrogens with one attached hydrogen (secondary N) is 2. The molecule has 0 radical (unpaired) electrons. The van der Waals surface area contributed by atoms with Gasteiger partial charge < -0.3 is 20.5 Å². The molecule has 1 unspecified atom stereocenters. The maximum atomic E-state index is 9.51.